The molecule has 3 rings (SSSR count). The van der Waals surface area contributed by atoms with Crippen LogP contribution in [0.2, 0.25) is 0 Å². The largest absolute Gasteiger partial charge is 0.494 e. The van der Waals surface area contributed by atoms with Crippen molar-refractivity contribution in [2.24, 2.45) is 0 Å². The summed E-state index contributed by atoms with van der Waals surface area (Å²) in [7, 11) is 0. The maximum atomic E-state index is 6.03. The highest BCUT2D eigenvalue weighted by molar-refractivity contribution is 5.88. The van der Waals surface area contributed by atoms with Crippen LogP contribution in [0.25, 0.3) is 10.8 Å². The number of fused-ring (bicyclic) bond motifs is 1. The van der Waals surface area contributed by atoms with E-state index in [1.165, 1.54) is 21.9 Å². The van der Waals surface area contributed by atoms with Gasteiger partial charge in [-0.2, -0.15) is 0 Å². The summed E-state index contributed by atoms with van der Waals surface area (Å²) in [5.41, 5.74) is 2.54. The molecule has 1 aliphatic heterocycles. The highest BCUT2D eigenvalue weighted by atomic mass is 35.5. The molecule has 2 aromatic carbocycles. The van der Waals surface area contributed by atoms with E-state index in [1.54, 1.807) is 0 Å². The second-order valence-corrected chi connectivity index (χ2v) is 6.59. The molecule has 0 radical (unpaired) electrons. The Labute approximate surface area is 169 Å². The van der Waals surface area contributed by atoms with Crippen LogP contribution in [0.4, 0.5) is 0 Å². The quantitative estimate of drug-likeness (QED) is 0.695. The fraction of sp³-hybridized carbons (Fsp3) is 0.429. The highest BCUT2D eigenvalue weighted by Crippen LogP contribution is 2.39. The number of nitrogens with one attached hydrogen (secondary N) is 1. The molecule has 5 heteroatoms. The van der Waals surface area contributed by atoms with E-state index in [0.29, 0.717) is 12.6 Å². The van der Waals surface area contributed by atoms with Gasteiger partial charge in [0.25, 0.3) is 0 Å². The summed E-state index contributed by atoms with van der Waals surface area (Å²) < 4.78 is 6.03. The zero-order valence-electron chi connectivity index (χ0n) is 15.7. The average molecular weight is 397 g/mol. The third kappa shape index (κ3) is 5.14. The zero-order chi connectivity index (χ0) is 16.9. The minimum Gasteiger partial charge on any atom is -0.494 e. The van der Waals surface area contributed by atoms with Crippen molar-refractivity contribution in [3.8, 4) is 5.75 Å². The van der Waals surface area contributed by atoms with Crippen molar-refractivity contribution in [1.82, 2.24) is 10.2 Å². The number of hydrogen-bond acceptors (Lipinski definition) is 3. The number of benzene rings is 2. The molecule has 1 heterocycles. The topological polar surface area (TPSA) is 24.5 Å². The Balaban J connectivity index is 0.00000169. The first kappa shape index (κ1) is 22.8. The lowest BCUT2D eigenvalue weighted by molar-refractivity contribution is 0.169. The predicted molar refractivity (Wildman–Crippen MR) is 116 cm³/mol. The first-order chi connectivity index (χ1) is 11.7. The van der Waals surface area contributed by atoms with E-state index in [-0.39, 0.29) is 24.8 Å². The molecule has 0 bridgehead atoms. The number of halogens is 2. The lowest BCUT2D eigenvalue weighted by Gasteiger charge is -2.36. The van der Waals surface area contributed by atoms with Crippen molar-refractivity contribution in [2.45, 2.75) is 26.3 Å². The van der Waals surface area contributed by atoms with Crippen molar-refractivity contribution in [1.29, 1.82) is 0 Å². The monoisotopic (exact) mass is 396 g/mol. The Hall–Kier alpha value is -1.26. The molecule has 1 atom stereocenters. The van der Waals surface area contributed by atoms with Gasteiger partial charge in [0.05, 0.1) is 6.61 Å². The molecule has 1 aliphatic rings. The van der Waals surface area contributed by atoms with Gasteiger partial charge in [-0.3, -0.25) is 4.90 Å². The highest BCUT2D eigenvalue weighted by Gasteiger charge is 2.26. The molecule has 144 valence electrons. The molecule has 1 N–H and O–H groups in total. The fourth-order valence-electron chi connectivity index (χ4n) is 3.64. The van der Waals surface area contributed by atoms with E-state index >= 15 is 0 Å². The van der Waals surface area contributed by atoms with Gasteiger partial charge in [0.2, 0.25) is 0 Å². The Bertz CT molecular complexity index is 714. The van der Waals surface area contributed by atoms with Crippen LogP contribution in [0.15, 0.2) is 48.6 Å². The Morgan fingerprint density at radius 2 is 1.85 bits per heavy atom. The Morgan fingerprint density at radius 1 is 1.15 bits per heavy atom. The predicted octanol–water partition coefficient (Wildman–Crippen LogP) is 4.99. The molecule has 2 aromatic rings. The maximum absolute atomic E-state index is 6.03. The smallest absolute Gasteiger partial charge is 0.124 e. The van der Waals surface area contributed by atoms with E-state index in [1.807, 2.05) is 0 Å². The van der Waals surface area contributed by atoms with Gasteiger partial charge in [-0.15, -0.1) is 31.4 Å². The lowest BCUT2D eigenvalue weighted by atomic mass is 9.92. The van der Waals surface area contributed by atoms with E-state index in [0.717, 1.165) is 38.3 Å². The van der Waals surface area contributed by atoms with Crippen LogP contribution in [0, 0.1) is 0 Å². The first-order valence-electron chi connectivity index (χ1n) is 8.94. The molecule has 1 fully saturated rings. The summed E-state index contributed by atoms with van der Waals surface area (Å²) >= 11 is 0. The number of ether oxygens (including phenoxy) is 1. The minimum absolute atomic E-state index is 0. The van der Waals surface area contributed by atoms with Gasteiger partial charge in [-0.25, -0.2) is 0 Å². The summed E-state index contributed by atoms with van der Waals surface area (Å²) in [6, 6.07) is 13.2. The van der Waals surface area contributed by atoms with Crippen LogP contribution in [-0.4, -0.2) is 37.7 Å². The molecule has 0 unspecified atom stereocenters. The van der Waals surface area contributed by atoms with Crippen LogP contribution in [0.3, 0.4) is 0 Å². The van der Waals surface area contributed by atoms with E-state index < -0.39 is 0 Å². The standard InChI is InChI=1S/C21H28N2O.2ClH/c1-4-24-20-10-9-17-7-5-6-8-18(17)21(20)19(15-16(2)3)23-13-11-22-12-14-23;;/h5-10,19,22H,2,4,11-15H2,1,3H3;2*1H/t19-;;/m1../s1. The van der Waals surface area contributed by atoms with Crippen molar-refractivity contribution in [2.75, 3.05) is 32.8 Å². The van der Waals surface area contributed by atoms with Gasteiger partial charge in [-0.1, -0.05) is 35.9 Å². The third-order valence-electron chi connectivity index (χ3n) is 4.70. The molecule has 26 heavy (non-hydrogen) atoms. The summed E-state index contributed by atoms with van der Waals surface area (Å²) in [5, 5.41) is 6.03. The number of hydrogen-bond donors (Lipinski definition) is 1. The minimum atomic E-state index is 0. The Morgan fingerprint density at radius 3 is 2.50 bits per heavy atom. The summed E-state index contributed by atoms with van der Waals surface area (Å²) in [6.45, 7) is 13.3. The van der Waals surface area contributed by atoms with Gasteiger partial charge in [0, 0.05) is 37.8 Å². The fourth-order valence-corrected chi connectivity index (χ4v) is 3.64. The summed E-state index contributed by atoms with van der Waals surface area (Å²) in [6.07, 6.45) is 0.966. The zero-order valence-corrected chi connectivity index (χ0v) is 17.3. The van der Waals surface area contributed by atoms with Crippen LogP contribution >= 0.6 is 24.8 Å². The molecular weight excluding hydrogens is 367 g/mol. The molecule has 3 nitrogen and oxygen atoms in total. The second-order valence-electron chi connectivity index (χ2n) is 6.59. The molecule has 0 amide bonds. The van der Waals surface area contributed by atoms with E-state index in [4.69, 9.17) is 4.74 Å². The lowest BCUT2D eigenvalue weighted by Crippen LogP contribution is -2.45. The second kappa shape index (κ2) is 10.8. The average Bonchev–Trinajstić information content (AvgIpc) is 2.61. The molecular formula is C21H30Cl2N2O. The van der Waals surface area contributed by atoms with Crippen molar-refractivity contribution in [3.63, 3.8) is 0 Å². The van der Waals surface area contributed by atoms with Gasteiger partial charge in [0.15, 0.2) is 0 Å². The summed E-state index contributed by atoms with van der Waals surface area (Å²) in [4.78, 5) is 2.58. The van der Waals surface area contributed by atoms with E-state index in [2.05, 4.69) is 67.0 Å². The van der Waals surface area contributed by atoms with Crippen LogP contribution in [0.1, 0.15) is 31.9 Å². The number of nitrogens with zero attached hydrogens (tertiary/aromatic N) is 1. The van der Waals surface area contributed by atoms with Crippen LogP contribution < -0.4 is 10.1 Å². The first-order valence-corrected chi connectivity index (χ1v) is 8.94. The van der Waals surface area contributed by atoms with Gasteiger partial charge in [0.1, 0.15) is 5.75 Å². The molecule has 0 aliphatic carbocycles. The van der Waals surface area contributed by atoms with Crippen molar-refractivity contribution < 1.29 is 4.74 Å². The number of piperazine rings is 1. The van der Waals surface area contributed by atoms with Gasteiger partial charge < -0.3 is 10.1 Å². The third-order valence-corrected chi connectivity index (χ3v) is 4.70. The summed E-state index contributed by atoms with van der Waals surface area (Å²) in [5.74, 6) is 1.01. The normalized spacial score (nSPS) is 15.6. The van der Waals surface area contributed by atoms with Crippen LogP contribution in [0.5, 0.6) is 5.75 Å². The van der Waals surface area contributed by atoms with Gasteiger partial charge in [-0.05, 0) is 37.1 Å². The molecule has 0 spiro atoms. The van der Waals surface area contributed by atoms with E-state index in [9.17, 15) is 0 Å². The van der Waals surface area contributed by atoms with Crippen molar-refractivity contribution in [3.05, 3.63) is 54.1 Å². The van der Waals surface area contributed by atoms with Crippen LogP contribution in [-0.2, 0) is 0 Å². The Kier molecular flexibility index (Phi) is 9.45. The SMILES string of the molecule is C=C(C)C[C@H](c1c(OCC)ccc2ccccc12)N1CCNCC1.Cl.Cl. The molecule has 0 saturated carbocycles. The number of rotatable bonds is 6. The maximum Gasteiger partial charge on any atom is 0.124 e. The molecule has 1 saturated heterocycles. The van der Waals surface area contributed by atoms with Gasteiger partial charge >= 0.3 is 0 Å². The van der Waals surface area contributed by atoms with Crippen molar-refractivity contribution >= 4 is 35.6 Å². The molecule has 0 aromatic heterocycles.